The molecular formula is C20H20N2O5. The highest BCUT2D eigenvalue weighted by molar-refractivity contribution is 6.01. The third-order valence-electron chi connectivity index (χ3n) is 4.28. The fourth-order valence-electron chi connectivity index (χ4n) is 2.96. The van der Waals surface area contributed by atoms with Gasteiger partial charge in [-0.2, -0.15) is 0 Å². The second-order valence-corrected chi connectivity index (χ2v) is 6.44. The number of phenols is 1. The minimum Gasteiger partial charge on any atom is -0.507 e. The fourth-order valence-corrected chi connectivity index (χ4v) is 2.96. The molecule has 0 saturated heterocycles. The summed E-state index contributed by atoms with van der Waals surface area (Å²) in [5.41, 5.74) is 2.77. The van der Waals surface area contributed by atoms with E-state index in [1.54, 1.807) is 43.5 Å². The first-order chi connectivity index (χ1) is 12.8. The molecule has 2 heterocycles. The molecule has 0 aliphatic heterocycles. The zero-order valence-electron chi connectivity index (χ0n) is 15.6. The number of carbonyl (C=O) groups excluding carboxylic acids is 2. The van der Waals surface area contributed by atoms with Crippen molar-refractivity contribution in [3.63, 3.8) is 0 Å². The Morgan fingerprint density at radius 1 is 1.11 bits per heavy atom. The van der Waals surface area contributed by atoms with Crippen molar-refractivity contribution in [2.75, 3.05) is 6.61 Å². The molecule has 0 aliphatic rings. The summed E-state index contributed by atoms with van der Waals surface area (Å²) in [4.78, 5) is 24.7. The van der Waals surface area contributed by atoms with E-state index in [-0.39, 0.29) is 17.1 Å². The SMILES string of the molecule is Cc1ccc(C(=O)OCC(=O)c2cc(C)n(-c3cc(C)on3)c2C)c(O)c1. The molecule has 0 amide bonds. The Kier molecular flexibility index (Phi) is 4.85. The van der Waals surface area contributed by atoms with Crippen molar-refractivity contribution in [2.45, 2.75) is 27.7 Å². The molecular weight excluding hydrogens is 348 g/mol. The van der Waals surface area contributed by atoms with Crippen LogP contribution in [0.15, 0.2) is 34.9 Å². The lowest BCUT2D eigenvalue weighted by Gasteiger charge is -2.07. The first-order valence-electron chi connectivity index (χ1n) is 8.40. The van der Waals surface area contributed by atoms with Crippen LogP contribution >= 0.6 is 0 Å². The molecule has 3 aromatic rings. The molecule has 0 atom stereocenters. The van der Waals surface area contributed by atoms with Gasteiger partial charge in [0, 0.05) is 23.0 Å². The number of phenolic OH excluding ortho intramolecular Hbond substituents is 1. The third-order valence-corrected chi connectivity index (χ3v) is 4.28. The van der Waals surface area contributed by atoms with Crippen molar-refractivity contribution in [3.05, 3.63) is 64.2 Å². The van der Waals surface area contributed by atoms with Gasteiger partial charge in [-0.05, 0) is 51.5 Å². The highest BCUT2D eigenvalue weighted by atomic mass is 16.5. The summed E-state index contributed by atoms with van der Waals surface area (Å²) in [6, 6.07) is 8.11. The van der Waals surface area contributed by atoms with Gasteiger partial charge in [0.15, 0.2) is 12.4 Å². The number of esters is 1. The maximum atomic E-state index is 12.5. The molecule has 7 nitrogen and oxygen atoms in total. The van der Waals surface area contributed by atoms with Crippen LogP contribution in [0.4, 0.5) is 0 Å². The van der Waals surface area contributed by atoms with Gasteiger partial charge in [0.25, 0.3) is 0 Å². The number of aromatic nitrogens is 2. The number of Topliss-reactive ketones (excluding diaryl/α,β-unsaturated/α-hetero) is 1. The summed E-state index contributed by atoms with van der Waals surface area (Å²) >= 11 is 0. The van der Waals surface area contributed by atoms with Crippen molar-refractivity contribution in [2.24, 2.45) is 0 Å². The molecule has 0 aliphatic carbocycles. The predicted octanol–water partition coefficient (Wildman–Crippen LogP) is 3.44. The molecule has 140 valence electrons. The predicted molar refractivity (Wildman–Crippen MR) is 97.5 cm³/mol. The number of carbonyl (C=O) groups is 2. The van der Waals surface area contributed by atoms with Crippen molar-refractivity contribution < 1.29 is 24.0 Å². The Balaban J connectivity index is 1.76. The summed E-state index contributed by atoms with van der Waals surface area (Å²) in [7, 11) is 0. The van der Waals surface area contributed by atoms with Gasteiger partial charge in [0.05, 0.1) is 0 Å². The van der Waals surface area contributed by atoms with E-state index in [2.05, 4.69) is 5.16 Å². The van der Waals surface area contributed by atoms with Crippen LogP contribution in [-0.2, 0) is 4.74 Å². The largest absolute Gasteiger partial charge is 0.507 e. The van der Waals surface area contributed by atoms with Gasteiger partial charge in [-0.1, -0.05) is 11.2 Å². The summed E-state index contributed by atoms with van der Waals surface area (Å²) in [6.45, 7) is 6.80. The normalized spacial score (nSPS) is 10.8. The van der Waals surface area contributed by atoms with Crippen molar-refractivity contribution >= 4 is 11.8 Å². The van der Waals surface area contributed by atoms with Crippen LogP contribution in [-0.4, -0.2) is 33.2 Å². The highest BCUT2D eigenvalue weighted by Crippen LogP contribution is 2.22. The molecule has 2 aromatic heterocycles. The fraction of sp³-hybridized carbons (Fsp3) is 0.250. The Labute approximate surface area is 156 Å². The molecule has 0 bridgehead atoms. The van der Waals surface area contributed by atoms with Gasteiger partial charge >= 0.3 is 5.97 Å². The van der Waals surface area contributed by atoms with E-state index in [4.69, 9.17) is 9.26 Å². The Hall–Kier alpha value is -3.35. The molecule has 1 N–H and O–H groups in total. The second-order valence-electron chi connectivity index (χ2n) is 6.44. The summed E-state index contributed by atoms with van der Waals surface area (Å²) < 4.78 is 12.0. The van der Waals surface area contributed by atoms with Crippen molar-refractivity contribution in [1.29, 1.82) is 0 Å². The standard InChI is InChI=1S/C20H20N2O5/c1-11-5-6-15(17(23)7-11)20(25)26-10-18(24)16-8-12(2)22(14(16)4)19-9-13(3)27-21-19/h5-9,23H,10H2,1-4H3. The zero-order valence-corrected chi connectivity index (χ0v) is 15.6. The zero-order chi connectivity index (χ0) is 19.7. The highest BCUT2D eigenvalue weighted by Gasteiger charge is 2.20. The van der Waals surface area contributed by atoms with Crippen LogP contribution in [0.5, 0.6) is 5.75 Å². The number of hydrogen-bond donors (Lipinski definition) is 1. The molecule has 3 rings (SSSR count). The number of nitrogens with zero attached hydrogens (tertiary/aromatic N) is 2. The van der Waals surface area contributed by atoms with Gasteiger partial charge in [0.1, 0.15) is 17.1 Å². The average Bonchev–Trinajstić information content (AvgIpc) is 3.15. The first kappa shape index (κ1) is 18.4. The van der Waals surface area contributed by atoms with Crippen LogP contribution in [0.2, 0.25) is 0 Å². The maximum absolute atomic E-state index is 12.5. The van der Waals surface area contributed by atoms with E-state index in [9.17, 15) is 14.7 Å². The van der Waals surface area contributed by atoms with E-state index >= 15 is 0 Å². The number of aryl methyl sites for hydroxylation is 3. The Morgan fingerprint density at radius 3 is 2.48 bits per heavy atom. The quantitative estimate of drug-likeness (QED) is 0.547. The number of rotatable bonds is 5. The maximum Gasteiger partial charge on any atom is 0.342 e. The average molecular weight is 368 g/mol. The number of aromatic hydroxyl groups is 1. The number of hydrogen-bond acceptors (Lipinski definition) is 6. The lowest BCUT2D eigenvalue weighted by Crippen LogP contribution is -2.15. The number of ketones is 1. The van der Waals surface area contributed by atoms with Gasteiger partial charge in [-0.15, -0.1) is 0 Å². The van der Waals surface area contributed by atoms with Crippen LogP contribution in [0.25, 0.3) is 5.82 Å². The van der Waals surface area contributed by atoms with Crippen molar-refractivity contribution in [1.82, 2.24) is 9.72 Å². The first-order valence-corrected chi connectivity index (χ1v) is 8.40. The molecule has 27 heavy (non-hydrogen) atoms. The molecule has 0 spiro atoms. The van der Waals surface area contributed by atoms with E-state index < -0.39 is 12.6 Å². The van der Waals surface area contributed by atoms with Crippen LogP contribution in [0, 0.1) is 27.7 Å². The van der Waals surface area contributed by atoms with Crippen molar-refractivity contribution in [3.8, 4) is 11.6 Å². The number of ether oxygens (including phenoxy) is 1. The topological polar surface area (TPSA) is 94.6 Å². The van der Waals surface area contributed by atoms with E-state index in [0.29, 0.717) is 22.8 Å². The molecule has 1 aromatic carbocycles. The van der Waals surface area contributed by atoms with Gasteiger partial charge < -0.3 is 14.4 Å². The molecule has 0 unspecified atom stereocenters. The molecule has 0 saturated carbocycles. The lowest BCUT2D eigenvalue weighted by molar-refractivity contribution is 0.0471. The van der Waals surface area contributed by atoms with Crippen LogP contribution in [0.1, 0.15) is 43.4 Å². The molecule has 0 radical (unpaired) electrons. The monoisotopic (exact) mass is 368 g/mol. The third kappa shape index (κ3) is 3.62. The smallest absolute Gasteiger partial charge is 0.342 e. The van der Waals surface area contributed by atoms with Gasteiger partial charge in [-0.3, -0.25) is 9.36 Å². The van der Waals surface area contributed by atoms with Crippen LogP contribution in [0.3, 0.4) is 0 Å². The molecule has 0 fully saturated rings. The minimum absolute atomic E-state index is 0.0249. The second kappa shape index (κ2) is 7.11. The minimum atomic E-state index is -0.748. The van der Waals surface area contributed by atoms with E-state index in [1.807, 2.05) is 6.92 Å². The summed E-state index contributed by atoms with van der Waals surface area (Å²) in [6.07, 6.45) is 0. The lowest BCUT2D eigenvalue weighted by atomic mass is 10.1. The van der Waals surface area contributed by atoms with Crippen LogP contribution < -0.4 is 0 Å². The molecule has 7 heteroatoms. The summed E-state index contributed by atoms with van der Waals surface area (Å²) in [5, 5.41) is 13.8. The van der Waals surface area contributed by atoms with Gasteiger partial charge in [0.2, 0.25) is 5.78 Å². The Bertz CT molecular complexity index is 1030. The van der Waals surface area contributed by atoms with E-state index in [0.717, 1.165) is 11.3 Å². The number of benzene rings is 1. The Morgan fingerprint density at radius 2 is 1.85 bits per heavy atom. The van der Waals surface area contributed by atoms with E-state index in [1.165, 1.54) is 12.1 Å². The van der Waals surface area contributed by atoms with Gasteiger partial charge in [-0.25, -0.2) is 4.79 Å². The summed E-state index contributed by atoms with van der Waals surface area (Å²) in [5.74, 6) is -0.0105.